The highest BCUT2D eigenvalue weighted by Crippen LogP contribution is 2.10. The molecule has 0 heterocycles. The molecule has 0 spiro atoms. The van der Waals surface area contributed by atoms with E-state index in [9.17, 15) is 17.6 Å². The Kier molecular flexibility index (Phi) is 9.40. The van der Waals surface area contributed by atoms with E-state index in [0.717, 1.165) is 0 Å². The second-order valence-corrected chi connectivity index (χ2v) is 2.08. The van der Waals surface area contributed by atoms with Crippen LogP contribution in [0.3, 0.4) is 0 Å². The van der Waals surface area contributed by atoms with Crippen molar-refractivity contribution in [3.63, 3.8) is 0 Å². The van der Waals surface area contributed by atoms with Crippen LogP contribution in [-0.2, 0) is 0 Å². The summed E-state index contributed by atoms with van der Waals surface area (Å²) in [6, 6.07) is 7.94. The lowest BCUT2D eigenvalue weighted by atomic mass is 10.4. The fourth-order valence-corrected chi connectivity index (χ4v) is 0.415. The van der Waals surface area contributed by atoms with E-state index in [1.165, 1.54) is 12.1 Å². The third kappa shape index (κ3) is 22.4. The number of hydrogen-bond acceptors (Lipinski definition) is 0. The molecular formula is C10H14F4. The minimum Gasteiger partial charge on any atom is -0.207 e. The third-order valence-electron chi connectivity index (χ3n) is 0.733. The highest BCUT2D eigenvalue weighted by atomic mass is 19.4. The molecule has 0 saturated carbocycles. The fraction of sp³-hybridized carbons (Fsp3) is 0.400. The lowest BCUT2D eigenvalue weighted by Gasteiger charge is -1.88. The predicted molar refractivity (Wildman–Crippen MR) is 49.5 cm³/mol. The molecule has 1 rings (SSSR count). The standard InChI is InChI=1S/C6H5F.C2H3F3.C2H6/c7-6-4-2-1-3-5-6;1-2(3,4)5;1-2/h1-5H;1H3;1-2H3. The molecule has 0 saturated heterocycles. The Labute approximate surface area is 81.6 Å². The molecule has 0 aromatic heterocycles. The first kappa shape index (κ1) is 15.4. The molecule has 0 fully saturated rings. The van der Waals surface area contributed by atoms with Gasteiger partial charge in [0.2, 0.25) is 0 Å². The van der Waals surface area contributed by atoms with Crippen molar-refractivity contribution in [1.29, 1.82) is 0 Å². The van der Waals surface area contributed by atoms with Crippen LogP contribution in [0.15, 0.2) is 30.3 Å². The number of benzene rings is 1. The second-order valence-electron chi connectivity index (χ2n) is 2.08. The van der Waals surface area contributed by atoms with Crippen LogP contribution in [-0.4, -0.2) is 6.18 Å². The minimum absolute atomic E-state index is 0.178. The Morgan fingerprint density at radius 3 is 1.36 bits per heavy atom. The molecule has 0 aliphatic heterocycles. The summed E-state index contributed by atoms with van der Waals surface area (Å²) in [5.74, 6) is -0.178. The molecule has 0 aliphatic carbocycles. The maximum Gasteiger partial charge on any atom is 0.386 e. The normalized spacial score (nSPS) is 9.07. The molecule has 0 bridgehead atoms. The molecule has 1 aromatic rings. The lowest BCUT2D eigenvalue weighted by Crippen LogP contribution is -1.95. The van der Waals surface area contributed by atoms with Gasteiger partial charge in [0, 0.05) is 6.92 Å². The summed E-state index contributed by atoms with van der Waals surface area (Å²) in [7, 11) is 0. The van der Waals surface area contributed by atoms with Crippen LogP contribution in [0.4, 0.5) is 17.6 Å². The van der Waals surface area contributed by atoms with E-state index in [-0.39, 0.29) is 12.7 Å². The zero-order chi connectivity index (χ0) is 11.6. The van der Waals surface area contributed by atoms with Gasteiger partial charge in [0.15, 0.2) is 0 Å². The first-order valence-electron chi connectivity index (χ1n) is 4.17. The first-order chi connectivity index (χ1) is 6.39. The molecule has 0 amide bonds. The van der Waals surface area contributed by atoms with Gasteiger partial charge >= 0.3 is 6.18 Å². The van der Waals surface area contributed by atoms with Crippen molar-refractivity contribution < 1.29 is 17.6 Å². The molecule has 0 aliphatic rings. The molecule has 4 heteroatoms. The quantitative estimate of drug-likeness (QED) is 0.556. The number of alkyl halides is 3. The molecule has 0 unspecified atom stereocenters. The zero-order valence-electron chi connectivity index (χ0n) is 8.40. The summed E-state index contributed by atoms with van der Waals surface area (Å²) in [4.78, 5) is 0. The van der Waals surface area contributed by atoms with Gasteiger partial charge in [-0.2, -0.15) is 13.2 Å². The first-order valence-corrected chi connectivity index (χ1v) is 4.17. The van der Waals surface area contributed by atoms with Gasteiger partial charge in [-0.1, -0.05) is 32.0 Å². The van der Waals surface area contributed by atoms with Crippen LogP contribution < -0.4 is 0 Å². The highest BCUT2D eigenvalue weighted by Gasteiger charge is 2.15. The van der Waals surface area contributed by atoms with Crippen LogP contribution in [0, 0.1) is 5.82 Å². The van der Waals surface area contributed by atoms with Crippen molar-refractivity contribution in [3.05, 3.63) is 36.1 Å². The molecule has 14 heavy (non-hydrogen) atoms. The van der Waals surface area contributed by atoms with E-state index in [1.807, 2.05) is 13.8 Å². The van der Waals surface area contributed by atoms with Crippen molar-refractivity contribution in [2.24, 2.45) is 0 Å². The van der Waals surface area contributed by atoms with Gasteiger partial charge in [0.1, 0.15) is 5.82 Å². The topological polar surface area (TPSA) is 0 Å². The molecule has 0 radical (unpaired) electrons. The van der Waals surface area contributed by atoms with Crippen LogP contribution in [0.1, 0.15) is 20.8 Å². The Morgan fingerprint density at radius 2 is 1.21 bits per heavy atom. The summed E-state index contributed by atoms with van der Waals surface area (Å²) in [6.07, 6.45) is -4.00. The van der Waals surface area contributed by atoms with Gasteiger partial charge in [-0.05, 0) is 12.1 Å². The van der Waals surface area contributed by atoms with Gasteiger partial charge in [-0.15, -0.1) is 0 Å². The number of rotatable bonds is 0. The van der Waals surface area contributed by atoms with Gasteiger partial charge in [-0.25, -0.2) is 4.39 Å². The molecule has 82 valence electrons. The molecule has 0 N–H and O–H groups in total. The van der Waals surface area contributed by atoms with E-state index in [0.29, 0.717) is 0 Å². The van der Waals surface area contributed by atoms with Crippen LogP contribution in [0.25, 0.3) is 0 Å². The van der Waals surface area contributed by atoms with Crippen molar-refractivity contribution in [2.75, 3.05) is 0 Å². The summed E-state index contributed by atoms with van der Waals surface area (Å²) in [5.41, 5.74) is 0. The van der Waals surface area contributed by atoms with Crippen molar-refractivity contribution in [2.45, 2.75) is 26.9 Å². The predicted octanol–water partition coefficient (Wildman–Crippen LogP) is 4.42. The second kappa shape index (κ2) is 8.53. The van der Waals surface area contributed by atoms with Gasteiger partial charge in [-0.3, -0.25) is 0 Å². The zero-order valence-corrected chi connectivity index (χ0v) is 8.40. The Balaban J connectivity index is 0. The highest BCUT2D eigenvalue weighted by molar-refractivity contribution is 5.02. The van der Waals surface area contributed by atoms with E-state index in [1.54, 1.807) is 18.2 Å². The van der Waals surface area contributed by atoms with Crippen LogP contribution in [0.5, 0.6) is 0 Å². The lowest BCUT2D eigenvalue weighted by molar-refractivity contribution is -0.110. The summed E-state index contributed by atoms with van der Waals surface area (Å²) >= 11 is 0. The van der Waals surface area contributed by atoms with E-state index < -0.39 is 6.18 Å². The average Bonchev–Trinajstić information content (AvgIpc) is 2.06. The molecule has 0 atom stereocenters. The summed E-state index contributed by atoms with van der Waals surface area (Å²) in [5, 5.41) is 0. The van der Waals surface area contributed by atoms with Crippen LogP contribution >= 0.6 is 0 Å². The summed E-state index contributed by atoms with van der Waals surface area (Å²) in [6.45, 7) is 4.19. The summed E-state index contributed by atoms with van der Waals surface area (Å²) < 4.78 is 43.0. The van der Waals surface area contributed by atoms with E-state index in [4.69, 9.17) is 0 Å². The Bertz CT molecular complexity index is 197. The smallest absolute Gasteiger partial charge is 0.207 e. The SMILES string of the molecule is CC.CC(F)(F)F.Fc1ccccc1. The third-order valence-corrected chi connectivity index (χ3v) is 0.733. The van der Waals surface area contributed by atoms with Gasteiger partial charge < -0.3 is 0 Å². The largest absolute Gasteiger partial charge is 0.386 e. The molecule has 0 nitrogen and oxygen atoms in total. The molecular weight excluding hydrogens is 196 g/mol. The number of hydrogen-bond donors (Lipinski definition) is 0. The van der Waals surface area contributed by atoms with E-state index >= 15 is 0 Å². The Hall–Kier alpha value is -1.06. The molecule has 1 aromatic carbocycles. The van der Waals surface area contributed by atoms with Gasteiger partial charge in [0.25, 0.3) is 0 Å². The maximum absolute atomic E-state index is 11.9. The van der Waals surface area contributed by atoms with Crippen LogP contribution in [0.2, 0.25) is 0 Å². The number of halogens is 4. The van der Waals surface area contributed by atoms with Gasteiger partial charge in [0.05, 0.1) is 0 Å². The fourth-order valence-electron chi connectivity index (χ4n) is 0.415. The average molecular weight is 210 g/mol. The monoisotopic (exact) mass is 210 g/mol. The maximum atomic E-state index is 11.9. The Morgan fingerprint density at radius 1 is 0.929 bits per heavy atom. The van der Waals surface area contributed by atoms with Crippen molar-refractivity contribution in [1.82, 2.24) is 0 Å². The van der Waals surface area contributed by atoms with E-state index in [2.05, 4.69) is 0 Å². The minimum atomic E-state index is -4.00. The van der Waals surface area contributed by atoms with Crippen molar-refractivity contribution >= 4 is 0 Å². The van der Waals surface area contributed by atoms with Crippen molar-refractivity contribution in [3.8, 4) is 0 Å².